The summed E-state index contributed by atoms with van der Waals surface area (Å²) >= 11 is 0. The lowest BCUT2D eigenvalue weighted by Crippen LogP contribution is -2.35. The van der Waals surface area contributed by atoms with Gasteiger partial charge in [-0.3, -0.25) is 4.79 Å². The minimum Gasteiger partial charge on any atom is -0.497 e. The molecule has 0 aliphatic heterocycles. The maximum absolute atomic E-state index is 12.6. The molecule has 0 spiro atoms. The Balaban J connectivity index is 1.83. The maximum Gasteiger partial charge on any atom is 0.416 e. The third kappa shape index (κ3) is 5.69. The van der Waals surface area contributed by atoms with E-state index in [1.807, 2.05) is 0 Å². The zero-order valence-electron chi connectivity index (χ0n) is 13.7. The van der Waals surface area contributed by atoms with Crippen LogP contribution in [-0.4, -0.2) is 25.6 Å². The van der Waals surface area contributed by atoms with Gasteiger partial charge in [-0.15, -0.1) is 0 Å². The van der Waals surface area contributed by atoms with Crippen LogP contribution in [0.4, 0.5) is 29.3 Å². The Hall–Kier alpha value is -3.23. The largest absolute Gasteiger partial charge is 0.497 e. The molecule has 0 unspecified atom stereocenters. The number of carbonyl (C=O) groups is 2. The van der Waals surface area contributed by atoms with Crippen molar-refractivity contribution in [1.29, 1.82) is 0 Å². The van der Waals surface area contributed by atoms with E-state index in [4.69, 9.17) is 4.74 Å². The number of alkyl halides is 3. The van der Waals surface area contributed by atoms with Crippen molar-refractivity contribution in [3.8, 4) is 5.75 Å². The van der Waals surface area contributed by atoms with Crippen LogP contribution < -0.4 is 20.7 Å². The van der Waals surface area contributed by atoms with Crippen LogP contribution in [0.25, 0.3) is 0 Å². The first-order valence-corrected chi connectivity index (χ1v) is 7.44. The minimum absolute atomic E-state index is 0.0344. The summed E-state index contributed by atoms with van der Waals surface area (Å²) in [5.41, 5.74) is -0.406. The molecule has 0 fully saturated rings. The van der Waals surface area contributed by atoms with E-state index in [2.05, 4.69) is 16.0 Å². The van der Waals surface area contributed by atoms with Gasteiger partial charge in [-0.1, -0.05) is 6.07 Å². The first-order chi connectivity index (χ1) is 12.3. The molecule has 26 heavy (non-hydrogen) atoms. The highest BCUT2D eigenvalue weighted by molar-refractivity contribution is 5.96. The van der Waals surface area contributed by atoms with E-state index in [0.29, 0.717) is 11.4 Å². The number of benzene rings is 2. The molecule has 3 N–H and O–H groups in total. The molecule has 2 rings (SSSR count). The standard InChI is InChI=1S/C17H16F3N3O3/c1-26-14-7-5-12(6-8-14)22-15(24)10-21-16(25)23-13-4-2-3-11(9-13)17(18,19)20/h2-9H,10H2,1H3,(H,22,24)(H2,21,23,25). The Labute approximate surface area is 147 Å². The quantitative estimate of drug-likeness (QED) is 0.757. The third-order valence-electron chi connectivity index (χ3n) is 3.23. The van der Waals surface area contributed by atoms with Gasteiger partial charge in [0.05, 0.1) is 19.2 Å². The van der Waals surface area contributed by atoms with Crippen molar-refractivity contribution in [2.45, 2.75) is 6.18 Å². The average molecular weight is 367 g/mol. The van der Waals surface area contributed by atoms with E-state index < -0.39 is 23.7 Å². The lowest BCUT2D eigenvalue weighted by atomic mass is 10.2. The second-order valence-electron chi connectivity index (χ2n) is 5.16. The van der Waals surface area contributed by atoms with Crippen LogP contribution in [0.2, 0.25) is 0 Å². The van der Waals surface area contributed by atoms with Crippen LogP contribution in [0.15, 0.2) is 48.5 Å². The molecule has 0 aliphatic rings. The summed E-state index contributed by atoms with van der Waals surface area (Å²) in [6.45, 7) is -0.350. The van der Waals surface area contributed by atoms with Crippen LogP contribution in [0, 0.1) is 0 Å². The Morgan fingerprint density at radius 1 is 1.00 bits per heavy atom. The van der Waals surface area contributed by atoms with E-state index in [1.54, 1.807) is 24.3 Å². The van der Waals surface area contributed by atoms with Gasteiger partial charge in [0.25, 0.3) is 0 Å². The van der Waals surface area contributed by atoms with E-state index in [-0.39, 0.29) is 12.2 Å². The van der Waals surface area contributed by atoms with Crippen LogP contribution in [-0.2, 0) is 11.0 Å². The fourth-order valence-corrected chi connectivity index (χ4v) is 1.99. The van der Waals surface area contributed by atoms with Crippen molar-refractivity contribution < 1.29 is 27.5 Å². The summed E-state index contributed by atoms with van der Waals surface area (Å²) in [7, 11) is 1.51. The number of hydrogen-bond acceptors (Lipinski definition) is 3. The highest BCUT2D eigenvalue weighted by atomic mass is 19.4. The molecule has 0 heterocycles. The summed E-state index contributed by atoms with van der Waals surface area (Å²) in [5.74, 6) is 0.135. The van der Waals surface area contributed by atoms with Crippen LogP contribution in [0.3, 0.4) is 0 Å². The van der Waals surface area contributed by atoms with E-state index in [1.165, 1.54) is 19.2 Å². The maximum atomic E-state index is 12.6. The van der Waals surface area contributed by atoms with Crippen LogP contribution in [0.5, 0.6) is 5.75 Å². The number of rotatable bonds is 5. The molecule has 0 aliphatic carbocycles. The zero-order valence-corrected chi connectivity index (χ0v) is 13.7. The molecule has 0 atom stereocenters. The van der Waals surface area contributed by atoms with Crippen LogP contribution >= 0.6 is 0 Å². The first kappa shape index (κ1) is 19.1. The molecule has 0 saturated heterocycles. The molecule has 0 saturated carbocycles. The molecular formula is C17H16F3N3O3. The lowest BCUT2D eigenvalue weighted by molar-refractivity contribution is -0.137. The molecule has 0 bridgehead atoms. The minimum atomic E-state index is -4.51. The number of anilines is 2. The van der Waals surface area contributed by atoms with E-state index in [0.717, 1.165) is 12.1 Å². The van der Waals surface area contributed by atoms with Gasteiger partial charge in [-0.25, -0.2) is 4.79 Å². The smallest absolute Gasteiger partial charge is 0.416 e. The van der Waals surface area contributed by atoms with Crippen molar-refractivity contribution in [2.75, 3.05) is 24.3 Å². The van der Waals surface area contributed by atoms with Crippen LogP contribution in [0.1, 0.15) is 5.56 Å². The molecule has 2 aromatic rings. The fraction of sp³-hybridized carbons (Fsp3) is 0.176. The normalized spacial score (nSPS) is 10.8. The third-order valence-corrected chi connectivity index (χ3v) is 3.23. The number of amides is 3. The Kier molecular flexibility index (Phi) is 6.05. The zero-order chi connectivity index (χ0) is 19.2. The summed E-state index contributed by atoms with van der Waals surface area (Å²) in [6.07, 6.45) is -4.51. The number of urea groups is 1. The van der Waals surface area contributed by atoms with E-state index >= 15 is 0 Å². The first-order valence-electron chi connectivity index (χ1n) is 7.44. The number of hydrogen-bond donors (Lipinski definition) is 3. The molecular weight excluding hydrogens is 351 g/mol. The highest BCUT2D eigenvalue weighted by Gasteiger charge is 2.30. The van der Waals surface area contributed by atoms with Gasteiger partial charge in [0.1, 0.15) is 5.75 Å². The number of ether oxygens (including phenoxy) is 1. The average Bonchev–Trinajstić information content (AvgIpc) is 2.60. The number of carbonyl (C=O) groups excluding carboxylic acids is 2. The number of methoxy groups -OCH3 is 1. The Bertz CT molecular complexity index is 777. The monoisotopic (exact) mass is 367 g/mol. The topological polar surface area (TPSA) is 79.5 Å². The van der Waals surface area contributed by atoms with Crippen molar-refractivity contribution in [3.05, 3.63) is 54.1 Å². The predicted octanol–water partition coefficient (Wildman–Crippen LogP) is 3.47. The van der Waals surface area contributed by atoms with Gasteiger partial charge in [-0.05, 0) is 42.5 Å². The predicted molar refractivity (Wildman–Crippen MR) is 90.1 cm³/mol. The fourth-order valence-electron chi connectivity index (χ4n) is 1.99. The molecule has 3 amide bonds. The summed E-state index contributed by atoms with van der Waals surface area (Å²) in [6, 6.07) is 9.95. The van der Waals surface area contributed by atoms with Gasteiger partial charge in [0.15, 0.2) is 0 Å². The highest BCUT2D eigenvalue weighted by Crippen LogP contribution is 2.30. The molecule has 2 aromatic carbocycles. The van der Waals surface area contributed by atoms with E-state index in [9.17, 15) is 22.8 Å². The molecule has 138 valence electrons. The van der Waals surface area contributed by atoms with Crippen molar-refractivity contribution in [2.24, 2.45) is 0 Å². The molecule has 9 heteroatoms. The molecule has 0 aromatic heterocycles. The molecule has 0 radical (unpaired) electrons. The summed E-state index contributed by atoms with van der Waals surface area (Å²) in [4.78, 5) is 23.5. The molecule has 6 nitrogen and oxygen atoms in total. The van der Waals surface area contributed by atoms with Gasteiger partial charge >= 0.3 is 12.2 Å². The summed E-state index contributed by atoms with van der Waals surface area (Å²) < 4.78 is 42.9. The number of nitrogens with one attached hydrogen (secondary N) is 3. The van der Waals surface area contributed by atoms with Crippen molar-refractivity contribution in [3.63, 3.8) is 0 Å². The van der Waals surface area contributed by atoms with Gasteiger partial charge in [-0.2, -0.15) is 13.2 Å². The SMILES string of the molecule is COc1ccc(NC(=O)CNC(=O)Nc2cccc(C(F)(F)F)c2)cc1. The Morgan fingerprint density at radius 2 is 1.69 bits per heavy atom. The lowest BCUT2D eigenvalue weighted by Gasteiger charge is -2.11. The number of halogens is 3. The second kappa shape index (κ2) is 8.24. The van der Waals surface area contributed by atoms with Gasteiger partial charge < -0.3 is 20.7 Å². The van der Waals surface area contributed by atoms with Crippen molar-refractivity contribution in [1.82, 2.24) is 5.32 Å². The summed E-state index contributed by atoms with van der Waals surface area (Å²) in [5, 5.41) is 7.06. The van der Waals surface area contributed by atoms with Gasteiger partial charge in [0.2, 0.25) is 5.91 Å². The Morgan fingerprint density at radius 3 is 2.31 bits per heavy atom. The van der Waals surface area contributed by atoms with Crippen molar-refractivity contribution >= 4 is 23.3 Å². The van der Waals surface area contributed by atoms with Gasteiger partial charge in [0, 0.05) is 11.4 Å². The second-order valence-corrected chi connectivity index (χ2v) is 5.16.